The third kappa shape index (κ3) is 4.61. The minimum absolute atomic E-state index is 0.375. The molecule has 0 bridgehead atoms. The van der Waals surface area contributed by atoms with E-state index in [1.165, 1.54) is 27.5 Å². The van der Waals surface area contributed by atoms with Crippen molar-refractivity contribution in [2.75, 3.05) is 0 Å². The average molecular weight is 637 g/mol. The van der Waals surface area contributed by atoms with Crippen LogP contribution in [0.25, 0.3) is 66.2 Å². The molecule has 0 aliphatic carbocycles. The van der Waals surface area contributed by atoms with Crippen LogP contribution in [0.2, 0.25) is 0 Å². The largest absolute Gasteiger partial charge is 0.457 e. The molecule has 0 N–H and O–H groups in total. The molecule has 9 rings (SSSR count). The quantitative estimate of drug-likeness (QED) is 0.171. The number of para-hydroxylation sites is 2. The van der Waals surface area contributed by atoms with Crippen LogP contribution < -0.4 is 4.74 Å². The number of imidazole rings is 1. The van der Waals surface area contributed by atoms with E-state index in [4.69, 9.17) is 9.72 Å². The van der Waals surface area contributed by atoms with Gasteiger partial charge in [-0.05, 0) is 82.9 Å². The molecule has 0 aliphatic heterocycles. The summed E-state index contributed by atoms with van der Waals surface area (Å²) in [5.41, 5.74) is 9.33. The zero-order valence-electron chi connectivity index (χ0n) is 28.1. The lowest BCUT2D eigenvalue weighted by atomic mass is 9.87. The molecule has 49 heavy (non-hydrogen) atoms. The van der Waals surface area contributed by atoms with Crippen LogP contribution in [0.3, 0.4) is 0 Å². The van der Waals surface area contributed by atoms with Gasteiger partial charge in [0.05, 0.1) is 28.4 Å². The molecule has 0 amide bonds. The first-order valence-corrected chi connectivity index (χ1v) is 17.1. The number of pyridine rings is 2. The zero-order chi connectivity index (χ0) is 33.2. The molecule has 0 spiro atoms. The van der Waals surface area contributed by atoms with Crippen molar-refractivity contribution in [3.8, 4) is 28.6 Å². The highest BCUT2D eigenvalue weighted by Crippen LogP contribution is 2.41. The fraction of sp³-hybridized carbons (Fsp3) is 0.136. The SMILES string of the molecule is CC(C)c1cccc(C(C)C)c1-c1cnc2c3cc(Oc4ccc5c6ccccc6n(-c6ccccn6)c5c4)ccc3c3ccccc3n12. The Balaban J connectivity index is 1.23. The number of hydrogen-bond donors (Lipinski definition) is 0. The van der Waals surface area contributed by atoms with E-state index in [0.717, 1.165) is 61.4 Å². The smallest absolute Gasteiger partial charge is 0.145 e. The summed E-state index contributed by atoms with van der Waals surface area (Å²) < 4.78 is 11.2. The van der Waals surface area contributed by atoms with Crippen LogP contribution >= 0.6 is 0 Å². The van der Waals surface area contributed by atoms with E-state index in [-0.39, 0.29) is 0 Å². The summed E-state index contributed by atoms with van der Waals surface area (Å²) in [4.78, 5) is 9.82. The topological polar surface area (TPSA) is 44.3 Å². The third-order valence-corrected chi connectivity index (χ3v) is 9.82. The summed E-state index contributed by atoms with van der Waals surface area (Å²) in [5.74, 6) is 3.15. The molecular weight excluding hydrogens is 601 g/mol. The van der Waals surface area contributed by atoms with E-state index in [1.54, 1.807) is 0 Å². The lowest BCUT2D eigenvalue weighted by Gasteiger charge is -2.20. The first kappa shape index (κ1) is 29.2. The second kappa shape index (κ2) is 11.3. The molecule has 9 aromatic rings. The highest BCUT2D eigenvalue weighted by atomic mass is 16.5. The first-order valence-electron chi connectivity index (χ1n) is 17.1. The number of nitrogens with zero attached hydrogens (tertiary/aromatic N) is 4. The van der Waals surface area contributed by atoms with Crippen molar-refractivity contribution < 1.29 is 4.74 Å². The summed E-state index contributed by atoms with van der Waals surface area (Å²) >= 11 is 0. The normalized spacial score (nSPS) is 12.0. The molecule has 4 aromatic heterocycles. The predicted octanol–water partition coefficient (Wildman–Crippen LogP) is 11.8. The van der Waals surface area contributed by atoms with Gasteiger partial charge in [0.15, 0.2) is 0 Å². The molecule has 0 radical (unpaired) electrons. The highest BCUT2D eigenvalue weighted by molar-refractivity contribution is 6.13. The monoisotopic (exact) mass is 636 g/mol. The number of aromatic nitrogens is 4. The average Bonchev–Trinajstić information content (AvgIpc) is 3.72. The maximum Gasteiger partial charge on any atom is 0.145 e. The fourth-order valence-corrected chi connectivity index (χ4v) is 7.59. The van der Waals surface area contributed by atoms with Gasteiger partial charge in [-0.2, -0.15) is 0 Å². The minimum atomic E-state index is 0.375. The van der Waals surface area contributed by atoms with E-state index >= 15 is 0 Å². The molecular formula is C44H36N4O. The summed E-state index contributed by atoms with van der Waals surface area (Å²) in [6.45, 7) is 9.10. The molecule has 5 heteroatoms. The van der Waals surface area contributed by atoms with Crippen molar-refractivity contribution in [3.05, 3.63) is 145 Å². The summed E-state index contributed by atoms with van der Waals surface area (Å²) in [6, 6.07) is 42.6. The molecule has 0 atom stereocenters. The number of ether oxygens (including phenoxy) is 1. The van der Waals surface area contributed by atoms with Crippen molar-refractivity contribution in [1.82, 2.24) is 18.9 Å². The van der Waals surface area contributed by atoms with E-state index in [0.29, 0.717) is 11.8 Å². The van der Waals surface area contributed by atoms with Crippen molar-refractivity contribution in [2.45, 2.75) is 39.5 Å². The van der Waals surface area contributed by atoms with Crippen LogP contribution in [0.15, 0.2) is 134 Å². The zero-order valence-corrected chi connectivity index (χ0v) is 28.1. The Kier molecular flexibility index (Phi) is 6.76. The van der Waals surface area contributed by atoms with E-state index in [9.17, 15) is 0 Å². The van der Waals surface area contributed by atoms with Crippen LogP contribution in [-0.4, -0.2) is 18.9 Å². The standard InChI is InChI=1S/C44H36N4O/c1-27(2)31-14-11-15-32(28(3)4)43(31)41-26-46-44-37-24-29(19-21-33(37)34-12-5-8-17-39(34)48(41)44)49-30-20-22-36-35-13-6-7-16-38(35)47(40(36)25-30)42-18-9-10-23-45-42/h5-28H,1-4H3. The third-order valence-electron chi connectivity index (χ3n) is 9.82. The summed E-state index contributed by atoms with van der Waals surface area (Å²) in [5, 5.41) is 5.74. The Labute approximate surface area is 285 Å². The Morgan fingerprint density at radius 3 is 1.88 bits per heavy atom. The molecule has 0 fully saturated rings. The molecule has 5 nitrogen and oxygen atoms in total. The Morgan fingerprint density at radius 2 is 1.16 bits per heavy atom. The van der Waals surface area contributed by atoms with Gasteiger partial charge in [-0.25, -0.2) is 9.97 Å². The van der Waals surface area contributed by atoms with Gasteiger partial charge in [-0.15, -0.1) is 0 Å². The maximum atomic E-state index is 6.66. The molecule has 4 heterocycles. The van der Waals surface area contributed by atoms with Gasteiger partial charge in [-0.3, -0.25) is 8.97 Å². The number of benzene rings is 5. The highest BCUT2D eigenvalue weighted by Gasteiger charge is 2.22. The Bertz CT molecular complexity index is 2670. The van der Waals surface area contributed by atoms with Crippen molar-refractivity contribution in [1.29, 1.82) is 0 Å². The van der Waals surface area contributed by atoms with Crippen molar-refractivity contribution in [2.24, 2.45) is 0 Å². The Hall–Kier alpha value is -5.94. The molecule has 0 saturated carbocycles. The molecule has 238 valence electrons. The number of hydrogen-bond acceptors (Lipinski definition) is 3. The summed E-state index contributed by atoms with van der Waals surface area (Å²) in [7, 11) is 0. The first-order chi connectivity index (χ1) is 24.0. The van der Waals surface area contributed by atoms with Crippen LogP contribution in [0.5, 0.6) is 11.5 Å². The molecule has 0 saturated heterocycles. The minimum Gasteiger partial charge on any atom is -0.457 e. The second-order valence-electron chi connectivity index (χ2n) is 13.5. The van der Waals surface area contributed by atoms with E-state index < -0.39 is 0 Å². The lowest BCUT2D eigenvalue weighted by molar-refractivity contribution is 0.484. The fourth-order valence-electron chi connectivity index (χ4n) is 7.59. The molecule has 0 unspecified atom stereocenters. The summed E-state index contributed by atoms with van der Waals surface area (Å²) in [6.07, 6.45) is 3.90. The van der Waals surface area contributed by atoms with E-state index in [1.807, 2.05) is 24.4 Å². The predicted molar refractivity (Wildman–Crippen MR) is 202 cm³/mol. The van der Waals surface area contributed by atoms with Gasteiger partial charge in [0.1, 0.15) is 23.0 Å². The van der Waals surface area contributed by atoms with Crippen molar-refractivity contribution >= 4 is 49.1 Å². The van der Waals surface area contributed by atoms with Gasteiger partial charge >= 0.3 is 0 Å². The van der Waals surface area contributed by atoms with Gasteiger partial charge in [-0.1, -0.05) is 88.4 Å². The number of fused-ring (bicyclic) bond motifs is 9. The second-order valence-corrected chi connectivity index (χ2v) is 13.5. The van der Waals surface area contributed by atoms with Gasteiger partial charge in [0.25, 0.3) is 0 Å². The van der Waals surface area contributed by atoms with Gasteiger partial charge in [0.2, 0.25) is 0 Å². The lowest BCUT2D eigenvalue weighted by Crippen LogP contribution is -2.02. The van der Waals surface area contributed by atoms with E-state index in [2.05, 4.69) is 151 Å². The van der Waals surface area contributed by atoms with Crippen LogP contribution in [0.1, 0.15) is 50.7 Å². The van der Waals surface area contributed by atoms with Crippen molar-refractivity contribution in [3.63, 3.8) is 0 Å². The maximum absolute atomic E-state index is 6.66. The Morgan fingerprint density at radius 1 is 0.531 bits per heavy atom. The molecule has 5 aromatic carbocycles. The van der Waals surface area contributed by atoms with Gasteiger partial charge in [0, 0.05) is 39.4 Å². The number of rotatable bonds is 6. The van der Waals surface area contributed by atoms with Gasteiger partial charge < -0.3 is 4.74 Å². The van der Waals surface area contributed by atoms with Crippen LogP contribution in [-0.2, 0) is 0 Å². The van der Waals surface area contributed by atoms with Crippen LogP contribution in [0.4, 0.5) is 0 Å². The molecule has 0 aliphatic rings. The van der Waals surface area contributed by atoms with Crippen LogP contribution in [0, 0.1) is 0 Å².